The molecule has 4 nitrogen and oxygen atoms in total. The number of aromatic nitrogens is 2. The Bertz CT molecular complexity index is 1090. The predicted molar refractivity (Wildman–Crippen MR) is 126 cm³/mol. The Morgan fingerprint density at radius 3 is 2.47 bits per heavy atom. The van der Waals surface area contributed by atoms with E-state index in [1.54, 1.807) is 0 Å². The molecule has 1 fully saturated rings. The molecule has 0 unspecified atom stereocenters. The van der Waals surface area contributed by atoms with Crippen LogP contribution >= 0.6 is 11.8 Å². The van der Waals surface area contributed by atoms with Crippen molar-refractivity contribution in [2.24, 2.45) is 4.99 Å². The summed E-state index contributed by atoms with van der Waals surface area (Å²) in [6.07, 6.45) is 3.02. The number of amidine groups is 1. The van der Waals surface area contributed by atoms with Gasteiger partial charge in [0.2, 0.25) is 0 Å². The molecule has 4 heterocycles. The molecule has 154 valence electrons. The first-order valence-electron chi connectivity index (χ1n) is 10.8. The van der Waals surface area contributed by atoms with E-state index in [0.717, 1.165) is 17.9 Å². The Labute approximate surface area is 183 Å². The van der Waals surface area contributed by atoms with Crippen molar-refractivity contribution in [1.29, 1.82) is 0 Å². The van der Waals surface area contributed by atoms with E-state index in [0.29, 0.717) is 6.04 Å². The van der Waals surface area contributed by atoms with E-state index in [4.69, 9.17) is 9.98 Å². The van der Waals surface area contributed by atoms with Gasteiger partial charge in [0.1, 0.15) is 6.04 Å². The van der Waals surface area contributed by atoms with Crippen LogP contribution in [0.5, 0.6) is 0 Å². The van der Waals surface area contributed by atoms with E-state index >= 15 is 0 Å². The lowest BCUT2D eigenvalue weighted by Gasteiger charge is -2.32. The Kier molecular flexibility index (Phi) is 4.94. The highest BCUT2D eigenvalue weighted by Crippen LogP contribution is 2.50. The van der Waals surface area contributed by atoms with Crippen LogP contribution in [0.4, 0.5) is 0 Å². The number of benzene rings is 1. The fourth-order valence-electron chi connectivity index (χ4n) is 5.07. The SMILES string of the molecule is CC[C@@H]1CSC2=N[C@@H](c3ccccn3)[C@@H](c3c(C)c(C)n(-c4ccccc4)c3C)N21. The molecule has 3 atom stereocenters. The number of aliphatic imine (C=N–C) groups is 1. The van der Waals surface area contributed by atoms with Crippen LogP contribution in [0.15, 0.2) is 59.7 Å². The van der Waals surface area contributed by atoms with Crippen LogP contribution in [0.2, 0.25) is 0 Å². The van der Waals surface area contributed by atoms with E-state index in [1.807, 2.05) is 24.0 Å². The molecule has 0 amide bonds. The zero-order valence-corrected chi connectivity index (χ0v) is 18.9. The maximum atomic E-state index is 5.20. The molecule has 0 radical (unpaired) electrons. The summed E-state index contributed by atoms with van der Waals surface area (Å²) < 4.78 is 2.41. The molecule has 3 aromatic rings. The predicted octanol–water partition coefficient (Wildman–Crippen LogP) is 5.78. The minimum absolute atomic E-state index is 0.0338. The molecule has 0 N–H and O–H groups in total. The molecule has 0 bridgehead atoms. The van der Waals surface area contributed by atoms with Gasteiger partial charge >= 0.3 is 0 Å². The minimum atomic E-state index is 0.0338. The van der Waals surface area contributed by atoms with Crippen LogP contribution in [0.25, 0.3) is 5.69 Å². The van der Waals surface area contributed by atoms with Crippen molar-refractivity contribution < 1.29 is 0 Å². The lowest BCUT2D eigenvalue weighted by molar-refractivity contribution is 0.254. The number of hydrogen-bond donors (Lipinski definition) is 0. The number of pyridine rings is 1. The van der Waals surface area contributed by atoms with Crippen LogP contribution in [0, 0.1) is 20.8 Å². The second-order valence-electron chi connectivity index (χ2n) is 8.22. The third-order valence-electron chi connectivity index (χ3n) is 6.65. The summed E-state index contributed by atoms with van der Waals surface area (Å²) in [7, 11) is 0. The molecule has 1 aromatic carbocycles. The maximum absolute atomic E-state index is 5.20. The van der Waals surface area contributed by atoms with Gasteiger partial charge in [-0.1, -0.05) is 43.0 Å². The van der Waals surface area contributed by atoms with Gasteiger partial charge < -0.3 is 9.47 Å². The van der Waals surface area contributed by atoms with Gasteiger partial charge in [0.25, 0.3) is 0 Å². The molecule has 1 saturated heterocycles. The first-order valence-corrected chi connectivity index (χ1v) is 11.7. The van der Waals surface area contributed by atoms with E-state index in [-0.39, 0.29) is 12.1 Å². The lowest BCUT2D eigenvalue weighted by atomic mass is 9.92. The summed E-state index contributed by atoms with van der Waals surface area (Å²) in [5.74, 6) is 1.12. The second-order valence-corrected chi connectivity index (χ2v) is 9.20. The summed E-state index contributed by atoms with van der Waals surface area (Å²) in [5, 5.41) is 1.19. The van der Waals surface area contributed by atoms with Crippen LogP contribution in [-0.2, 0) is 0 Å². The summed E-state index contributed by atoms with van der Waals surface area (Å²) in [6, 6.07) is 17.6. The molecule has 0 saturated carbocycles. The van der Waals surface area contributed by atoms with Gasteiger partial charge in [0, 0.05) is 40.6 Å². The zero-order chi connectivity index (χ0) is 20.8. The smallest absolute Gasteiger partial charge is 0.160 e. The first-order chi connectivity index (χ1) is 14.6. The van der Waals surface area contributed by atoms with Gasteiger partial charge in [0.15, 0.2) is 5.17 Å². The molecule has 2 aliphatic rings. The highest BCUT2D eigenvalue weighted by molar-refractivity contribution is 8.14. The third kappa shape index (κ3) is 2.90. The summed E-state index contributed by atoms with van der Waals surface area (Å²) >= 11 is 1.90. The van der Waals surface area contributed by atoms with Crippen molar-refractivity contribution in [1.82, 2.24) is 14.5 Å². The average molecular weight is 417 g/mol. The lowest BCUT2D eigenvalue weighted by Crippen LogP contribution is -2.35. The van der Waals surface area contributed by atoms with Gasteiger partial charge in [-0.3, -0.25) is 9.98 Å². The van der Waals surface area contributed by atoms with Crippen molar-refractivity contribution in [2.75, 3.05) is 5.75 Å². The minimum Gasteiger partial charge on any atom is -0.338 e. The van der Waals surface area contributed by atoms with Crippen LogP contribution < -0.4 is 0 Å². The molecule has 5 rings (SSSR count). The van der Waals surface area contributed by atoms with Crippen molar-refractivity contribution in [2.45, 2.75) is 52.2 Å². The quantitative estimate of drug-likeness (QED) is 0.541. The van der Waals surface area contributed by atoms with E-state index in [1.165, 1.54) is 33.4 Å². The fourth-order valence-corrected chi connectivity index (χ4v) is 6.41. The molecule has 30 heavy (non-hydrogen) atoms. The molecule has 0 aliphatic carbocycles. The highest BCUT2D eigenvalue weighted by Gasteiger charge is 2.47. The topological polar surface area (TPSA) is 33.4 Å². The molecule has 5 heteroatoms. The van der Waals surface area contributed by atoms with Gasteiger partial charge in [-0.25, -0.2) is 0 Å². The second kappa shape index (κ2) is 7.62. The molecule has 2 aliphatic heterocycles. The normalized spacial score (nSPS) is 23.0. The average Bonchev–Trinajstić information content (AvgIpc) is 3.41. The number of rotatable bonds is 4. The van der Waals surface area contributed by atoms with Crippen molar-refractivity contribution >= 4 is 16.9 Å². The monoisotopic (exact) mass is 416 g/mol. The first kappa shape index (κ1) is 19.4. The summed E-state index contributed by atoms with van der Waals surface area (Å²) in [6.45, 7) is 9.06. The standard InChI is InChI=1S/C25H28N4S/c1-5-19-15-30-25-27-23(21-13-9-10-14-26-21)24(29(19)25)22-16(2)17(3)28(18(22)4)20-11-7-6-8-12-20/h6-14,19,23-24H,5,15H2,1-4H3/t19-,23+,24-/m1/s1. The Hall–Kier alpha value is -2.53. The Morgan fingerprint density at radius 1 is 1.00 bits per heavy atom. The van der Waals surface area contributed by atoms with Crippen molar-refractivity contribution in [3.8, 4) is 5.69 Å². The summed E-state index contributed by atoms with van der Waals surface area (Å²) in [5.41, 5.74) is 7.67. The van der Waals surface area contributed by atoms with Crippen LogP contribution in [0.1, 0.15) is 53.6 Å². The molecular formula is C25H28N4S. The van der Waals surface area contributed by atoms with E-state index in [9.17, 15) is 0 Å². The number of fused-ring (bicyclic) bond motifs is 1. The van der Waals surface area contributed by atoms with E-state index in [2.05, 4.69) is 79.6 Å². The number of nitrogens with zero attached hydrogens (tertiary/aromatic N) is 4. The Morgan fingerprint density at radius 2 is 1.77 bits per heavy atom. The number of hydrogen-bond acceptors (Lipinski definition) is 4. The molecule has 0 spiro atoms. The highest BCUT2D eigenvalue weighted by atomic mass is 32.2. The van der Waals surface area contributed by atoms with Crippen molar-refractivity contribution in [3.63, 3.8) is 0 Å². The largest absolute Gasteiger partial charge is 0.338 e. The summed E-state index contributed by atoms with van der Waals surface area (Å²) in [4.78, 5) is 12.5. The fraction of sp³-hybridized carbons (Fsp3) is 0.360. The van der Waals surface area contributed by atoms with Gasteiger partial charge in [0.05, 0.1) is 11.7 Å². The zero-order valence-electron chi connectivity index (χ0n) is 18.0. The van der Waals surface area contributed by atoms with Crippen molar-refractivity contribution in [3.05, 3.63) is 82.9 Å². The third-order valence-corrected chi connectivity index (χ3v) is 7.77. The number of para-hydroxylation sites is 1. The molecule has 2 aromatic heterocycles. The van der Waals surface area contributed by atoms with E-state index < -0.39 is 0 Å². The van der Waals surface area contributed by atoms with Gasteiger partial charge in [-0.15, -0.1) is 0 Å². The number of thioether (sulfide) groups is 1. The van der Waals surface area contributed by atoms with Crippen LogP contribution in [0.3, 0.4) is 0 Å². The maximum Gasteiger partial charge on any atom is 0.160 e. The van der Waals surface area contributed by atoms with Gasteiger partial charge in [-0.05, 0) is 57.0 Å². The van der Waals surface area contributed by atoms with Crippen LogP contribution in [-0.4, -0.2) is 31.4 Å². The molecular weight excluding hydrogens is 388 g/mol. The Balaban J connectivity index is 1.69. The van der Waals surface area contributed by atoms with Gasteiger partial charge in [-0.2, -0.15) is 0 Å².